The average Bonchev–Trinajstić information content (AvgIpc) is 2.68. The van der Waals surface area contributed by atoms with Crippen LogP contribution >= 0.6 is 0 Å². The molecule has 0 aliphatic heterocycles. The lowest BCUT2D eigenvalue weighted by Crippen LogP contribution is -2.23. The number of fused-ring (bicyclic) bond motifs is 1. The molecule has 0 amide bonds. The molecule has 0 bridgehead atoms. The molecule has 0 saturated heterocycles. The molecular weight excluding hydrogens is 340 g/mol. The van der Waals surface area contributed by atoms with E-state index in [-0.39, 0.29) is 30.0 Å². The molecule has 5 heteroatoms. The maximum absolute atomic E-state index is 12.8. The number of esters is 1. The van der Waals surface area contributed by atoms with Crippen molar-refractivity contribution in [3.63, 3.8) is 0 Å². The van der Waals surface area contributed by atoms with Crippen molar-refractivity contribution in [3.05, 3.63) is 81.9 Å². The fraction of sp³-hybridized carbons (Fsp3) is 0.318. The molecule has 0 unspecified atom stereocenters. The van der Waals surface area contributed by atoms with Crippen LogP contribution in [0.2, 0.25) is 0 Å². The van der Waals surface area contributed by atoms with E-state index in [1.807, 2.05) is 50.2 Å². The topological polar surface area (TPSA) is 60.7 Å². The number of nitrogens with zero attached hydrogens (tertiary/aromatic N) is 2. The number of carbonyl (C=O) groups is 1. The first-order valence-electron chi connectivity index (χ1n) is 9.20. The highest BCUT2D eigenvalue weighted by atomic mass is 16.5. The number of carbonyl (C=O) groups excluding carboxylic acids is 1. The number of rotatable bonds is 6. The Balaban J connectivity index is 1.80. The molecule has 2 atom stereocenters. The summed E-state index contributed by atoms with van der Waals surface area (Å²) in [5.41, 5.74) is 2.73. The Morgan fingerprint density at radius 3 is 2.63 bits per heavy atom. The molecule has 3 aromatic rings. The van der Waals surface area contributed by atoms with Gasteiger partial charge in [0, 0.05) is 12.3 Å². The van der Waals surface area contributed by atoms with Crippen molar-refractivity contribution in [2.75, 3.05) is 0 Å². The summed E-state index contributed by atoms with van der Waals surface area (Å²) in [7, 11) is 0. The lowest BCUT2D eigenvalue weighted by molar-refractivity contribution is -0.148. The quantitative estimate of drug-likeness (QED) is 0.623. The maximum atomic E-state index is 12.8. The van der Waals surface area contributed by atoms with E-state index in [1.54, 1.807) is 12.3 Å². The van der Waals surface area contributed by atoms with E-state index in [9.17, 15) is 9.59 Å². The zero-order chi connectivity index (χ0) is 19.4. The summed E-state index contributed by atoms with van der Waals surface area (Å²) in [6.07, 6.45) is 2.61. The van der Waals surface area contributed by atoms with Gasteiger partial charge in [-0.2, -0.15) is 0 Å². The Morgan fingerprint density at radius 2 is 1.93 bits per heavy atom. The Bertz CT molecular complexity index is 995. The van der Waals surface area contributed by atoms with Gasteiger partial charge in [0.1, 0.15) is 12.3 Å². The largest absolute Gasteiger partial charge is 0.459 e. The van der Waals surface area contributed by atoms with Crippen molar-refractivity contribution < 1.29 is 9.53 Å². The predicted octanol–water partition coefficient (Wildman–Crippen LogP) is 3.88. The van der Waals surface area contributed by atoms with Crippen molar-refractivity contribution in [1.29, 1.82) is 0 Å². The van der Waals surface area contributed by atoms with Crippen LogP contribution in [-0.4, -0.2) is 15.4 Å². The van der Waals surface area contributed by atoms with Crippen LogP contribution in [0.5, 0.6) is 0 Å². The molecule has 0 spiro atoms. The molecule has 1 aromatic carbocycles. The molecule has 5 nitrogen and oxygen atoms in total. The minimum atomic E-state index is -0.333. The Morgan fingerprint density at radius 1 is 1.19 bits per heavy atom. The van der Waals surface area contributed by atoms with Crippen LogP contribution in [0, 0.1) is 12.8 Å². The Hall–Kier alpha value is -2.95. The number of benzene rings is 1. The van der Waals surface area contributed by atoms with Crippen LogP contribution in [0.1, 0.15) is 43.0 Å². The number of ether oxygens (including phenoxy) is 1. The van der Waals surface area contributed by atoms with Gasteiger partial charge >= 0.3 is 5.97 Å². The van der Waals surface area contributed by atoms with E-state index in [1.165, 1.54) is 10.5 Å². The van der Waals surface area contributed by atoms with E-state index in [4.69, 9.17) is 4.74 Å². The summed E-state index contributed by atoms with van der Waals surface area (Å²) in [4.78, 5) is 29.5. The van der Waals surface area contributed by atoms with E-state index in [0.717, 1.165) is 17.5 Å². The molecule has 140 valence electrons. The average molecular weight is 364 g/mol. The fourth-order valence-corrected chi connectivity index (χ4v) is 3.16. The molecule has 0 fully saturated rings. The smallest absolute Gasteiger partial charge is 0.314 e. The molecule has 2 aromatic heterocycles. The molecule has 0 radical (unpaired) electrons. The van der Waals surface area contributed by atoms with Crippen molar-refractivity contribution in [3.8, 4) is 0 Å². The molecule has 0 aliphatic carbocycles. The van der Waals surface area contributed by atoms with Crippen molar-refractivity contribution in [2.24, 2.45) is 5.92 Å². The van der Waals surface area contributed by atoms with Gasteiger partial charge in [-0.15, -0.1) is 0 Å². The van der Waals surface area contributed by atoms with E-state index in [0.29, 0.717) is 11.3 Å². The third-order valence-electron chi connectivity index (χ3n) is 4.85. The standard InChI is InChI=1S/C22H24N2O3/c1-4-16(3)21(17-8-6-5-7-9-17)22(26)27-14-18-12-20(25)24-13-15(2)10-11-19(24)23-18/h5-13,16,21H,4,14H2,1-3H3/t16-,21+/m0/s1. The number of aryl methyl sites for hydroxylation is 1. The minimum absolute atomic E-state index is 0.0157. The zero-order valence-electron chi connectivity index (χ0n) is 15.9. The first-order valence-corrected chi connectivity index (χ1v) is 9.20. The third-order valence-corrected chi connectivity index (χ3v) is 4.85. The van der Waals surface area contributed by atoms with Crippen LogP contribution in [0.4, 0.5) is 0 Å². The fourth-order valence-electron chi connectivity index (χ4n) is 3.16. The van der Waals surface area contributed by atoms with E-state index in [2.05, 4.69) is 11.9 Å². The minimum Gasteiger partial charge on any atom is -0.459 e. The van der Waals surface area contributed by atoms with Crippen LogP contribution in [0.15, 0.2) is 59.5 Å². The normalized spacial score (nSPS) is 13.3. The van der Waals surface area contributed by atoms with Crippen LogP contribution < -0.4 is 5.56 Å². The van der Waals surface area contributed by atoms with Crippen LogP contribution in [0.3, 0.4) is 0 Å². The highest BCUT2D eigenvalue weighted by molar-refractivity contribution is 5.78. The first kappa shape index (κ1) is 18.8. The molecule has 27 heavy (non-hydrogen) atoms. The van der Waals surface area contributed by atoms with Gasteiger partial charge in [-0.1, -0.05) is 56.7 Å². The third kappa shape index (κ3) is 4.25. The lowest BCUT2D eigenvalue weighted by Gasteiger charge is -2.21. The molecule has 0 aliphatic rings. The van der Waals surface area contributed by atoms with Crippen molar-refractivity contribution in [1.82, 2.24) is 9.38 Å². The SMILES string of the molecule is CC[C@H](C)[C@@H](C(=O)OCc1cc(=O)n2cc(C)ccc2n1)c1ccccc1. The van der Waals surface area contributed by atoms with Gasteiger partial charge in [-0.05, 0) is 30.0 Å². The van der Waals surface area contributed by atoms with Gasteiger partial charge < -0.3 is 4.74 Å². The van der Waals surface area contributed by atoms with Crippen LogP contribution in [0.25, 0.3) is 5.65 Å². The van der Waals surface area contributed by atoms with Gasteiger partial charge in [-0.3, -0.25) is 14.0 Å². The van der Waals surface area contributed by atoms with Gasteiger partial charge in [-0.25, -0.2) is 4.98 Å². The second-order valence-electron chi connectivity index (χ2n) is 6.90. The Labute approximate surface area is 158 Å². The lowest BCUT2D eigenvalue weighted by atomic mass is 9.86. The summed E-state index contributed by atoms with van der Waals surface area (Å²) in [6.45, 7) is 6.00. The highest BCUT2D eigenvalue weighted by Crippen LogP contribution is 2.28. The van der Waals surface area contributed by atoms with Gasteiger partial charge in [0.15, 0.2) is 0 Å². The van der Waals surface area contributed by atoms with Crippen molar-refractivity contribution in [2.45, 2.75) is 39.7 Å². The van der Waals surface area contributed by atoms with E-state index >= 15 is 0 Å². The summed E-state index contributed by atoms with van der Waals surface area (Å²) >= 11 is 0. The summed E-state index contributed by atoms with van der Waals surface area (Å²) < 4.78 is 7.04. The zero-order valence-corrected chi connectivity index (χ0v) is 15.9. The monoisotopic (exact) mass is 364 g/mol. The summed E-state index contributed by atoms with van der Waals surface area (Å²) in [5.74, 6) is -0.472. The molecule has 0 N–H and O–H groups in total. The summed E-state index contributed by atoms with van der Waals surface area (Å²) in [5, 5.41) is 0. The Kier molecular flexibility index (Phi) is 5.69. The maximum Gasteiger partial charge on any atom is 0.314 e. The van der Waals surface area contributed by atoms with Gasteiger partial charge in [0.25, 0.3) is 5.56 Å². The van der Waals surface area contributed by atoms with Crippen LogP contribution in [-0.2, 0) is 16.1 Å². The van der Waals surface area contributed by atoms with Crippen molar-refractivity contribution >= 4 is 11.6 Å². The van der Waals surface area contributed by atoms with Gasteiger partial charge in [0.2, 0.25) is 0 Å². The number of pyridine rings is 1. The highest BCUT2D eigenvalue weighted by Gasteiger charge is 2.27. The number of aromatic nitrogens is 2. The summed E-state index contributed by atoms with van der Waals surface area (Å²) in [6, 6.07) is 14.8. The van der Waals surface area contributed by atoms with Gasteiger partial charge in [0.05, 0.1) is 11.6 Å². The molecule has 0 saturated carbocycles. The second kappa shape index (κ2) is 8.16. The molecular formula is C22H24N2O3. The predicted molar refractivity (Wildman–Crippen MR) is 105 cm³/mol. The first-order chi connectivity index (χ1) is 13.0. The number of hydrogen-bond donors (Lipinski definition) is 0. The van der Waals surface area contributed by atoms with E-state index < -0.39 is 0 Å². The second-order valence-corrected chi connectivity index (χ2v) is 6.90. The molecule has 3 rings (SSSR count). The molecule has 2 heterocycles. The number of hydrogen-bond acceptors (Lipinski definition) is 4.